The van der Waals surface area contributed by atoms with E-state index in [2.05, 4.69) is 5.32 Å². The van der Waals surface area contributed by atoms with Crippen molar-refractivity contribution in [1.29, 1.82) is 0 Å². The molecule has 0 spiro atoms. The van der Waals surface area contributed by atoms with E-state index in [9.17, 15) is 0 Å². The van der Waals surface area contributed by atoms with Crippen LogP contribution in [0.4, 0.5) is 11.6 Å². The molecule has 2 heterocycles. The van der Waals surface area contributed by atoms with Gasteiger partial charge < -0.3 is 14.5 Å². The summed E-state index contributed by atoms with van der Waals surface area (Å²) < 4.78 is 11.3. The van der Waals surface area contributed by atoms with Crippen LogP contribution in [0.2, 0.25) is 0 Å². The highest BCUT2D eigenvalue weighted by atomic mass is 16.5. The Labute approximate surface area is 161 Å². The second-order valence-electron chi connectivity index (χ2n) is 6.39. The van der Waals surface area contributed by atoms with E-state index < -0.39 is 0 Å². The molecule has 136 valence electrons. The van der Waals surface area contributed by atoms with Crippen LogP contribution in [0.15, 0.2) is 83.3 Å². The molecule has 2 aromatic heterocycles. The van der Waals surface area contributed by atoms with Gasteiger partial charge in [-0.15, -0.1) is 0 Å². The number of hydrogen-bond donors (Lipinski definition) is 1. The molecular weight excluding hydrogens is 350 g/mol. The van der Waals surface area contributed by atoms with Gasteiger partial charge in [0.25, 0.3) is 0 Å². The van der Waals surface area contributed by atoms with Gasteiger partial charge in [-0.2, -0.15) is 0 Å². The van der Waals surface area contributed by atoms with Crippen LogP contribution in [0.25, 0.3) is 33.3 Å². The van der Waals surface area contributed by atoms with Crippen LogP contribution in [0.3, 0.4) is 0 Å². The minimum absolute atomic E-state index is 0.517. The average molecular weight is 367 g/mol. The molecule has 0 radical (unpaired) electrons. The Hall–Kier alpha value is -3.86. The first kappa shape index (κ1) is 16.3. The molecule has 28 heavy (non-hydrogen) atoms. The smallest absolute Gasteiger partial charge is 0.228 e. The fraction of sp³-hybridized carbons (Fsp3) is 0.0435. The zero-order valence-corrected chi connectivity index (χ0v) is 15.2. The summed E-state index contributed by atoms with van der Waals surface area (Å²) in [5.74, 6) is 1.32. The van der Waals surface area contributed by atoms with Crippen molar-refractivity contribution in [1.82, 2.24) is 9.97 Å². The van der Waals surface area contributed by atoms with Gasteiger partial charge in [-0.05, 0) is 36.4 Å². The highest BCUT2D eigenvalue weighted by Crippen LogP contribution is 2.34. The molecule has 0 fully saturated rings. The van der Waals surface area contributed by atoms with E-state index in [0.29, 0.717) is 11.5 Å². The summed E-state index contributed by atoms with van der Waals surface area (Å²) >= 11 is 0. The van der Waals surface area contributed by atoms with Gasteiger partial charge in [0, 0.05) is 16.6 Å². The van der Waals surface area contributed by atoms with Crippen molar-refractivity contribution in [3.63, 3.8) is 0 Å². The highest BCUT2D eigenvalue weighted by Gasteiger charge is 2.17. The predicted molar refractivity (Wildman–Crippen MR) is 111 cm³/mol. The Balaban J connectivity index is 1.69. The van der Waals surface area contributed by atoms with E-state index in [-0.39, 0.29) is 0 Å². The Morgan fingerprint density at radius 1 is 0.821 bits per heavy atom. The third kappa shape index (κ3) is 2.83. The maximum absolute atomic E-state index is 6.10. The molecule has 0 unspecified atom stereocenters. The van der Waals surface area contributed by atoms with E-state index >= 15 is 0 Å². The number of furan rings is 1. The van der Waals surface area contributed by atoms with Crippen LogP contribution in [0, 0.1) is 0 Å². The quantitative estimate of drug-likeness (QED) is 0.435. The van der Waals surface area contributed by atoms with Crippen molar-refractivity contribution in [2.24, 2.45) is 0 Å². The summed E-state index contributed by atoms with van der Waals surface area (Å²) in [5, 5.41) is 4.26. The minimum Gasteiger partial charge on any atom is -0.497 e. The lowest BCUT2D eigenvalue weighted by atomic mass is 10.1. The molecule has 0 saturated carbocycles. The Kier molecular flexibility index (Phi) is 3.91. The zero-order chi connectivity index (χ0) is 18.9. The molecule has 1 N–H and O–H groups in total. The summed E-state index contributed by atoms with van der Waals surface area (Å²) in [6.07, 6.45) is 0. The number of benzene rings is 3. The first-order valence-corrected chi connectivity index (χ1v) is 8.97. The first-order valence-electron chi connectivity index (χ1n) is 8.97. The first-order chi connectivity index (χ1) is 13.8. The number of nitrogens with one attached hydrogen (secondary N) is 1. The molecule has 0 aliphatic carbocycles. The lowest BCUT2D eigenvalue weighted by Gasteiger charge is -2.08. The molecule has 0 atom stereocenters. The zero-order valence-electron chi connectivity index (χ0n) is 15.2. The average Bonchev–Trinajstić information content (AvgIpc) is 3.13. The van der Waals surface area contributed by atoms with Gasteiger partial charge in [0.1, 0.15) is 22.5 Å². The van der Waals surface area contributed by atoms with E-state index in [1.807, 2.05) is 78.9 Å². The monoisotopic (exact) mass is 367 g/mol. The van der Waals surface area contributed by atoms with Crippen molar-refractivity contribution >= 4 is 33.7 Å². The highest BCUT2D eigenvalue weighted by molar-refractivity contribution is 6.06. The number of para-hydroxylation sites is 1. The predicted octanol–water partition coefficient (Wildman–Crippen LogP) is 5.80. The van der Waals surface area contributed by atoms with E-state index in [1.165, 1.54) is 0 Å². The van der Waals surface area contributed by atoms with Gasteiger partial charge in [0.05, 0.1) is 7.11 Å². The molecule has 5 aromatic rings. The lowest BCUT2D eigenvalue weighted by molar-refractivity contribution is 0.415. The number of rotatable bonds is 4. The van der Waals surface area contributed by atoms with Crippen molar-refractivity contribution in [2.75, 3.05) is 12.4 Å². The molecule has 0 amide bonds. The van der Waals surface area contributed by atoms with Crippen LogP contribution in [-0.4, -0.2) is 17.1 Å². The minimum atomic E-state index is 0.517. The maximum atomic E-state index is 6.10. The summed E-state index contributed by atoms with van der Waals surface area (Å²) in [4.78, 5) is 9.50. The molecule has 0 bridgehead atoms. The molecule has 0 saturated heterocycles. The second-order valence-corrected chi connectivity index (χ2v) is 6.39. The number of methoxy groups -OCH3 is 1. The Morgan fingerprint density at radius 2 is 1.57 bits per heavy atom. The number of ether oxygens (including phenoxy) is 1. The largest absolute Gasteiger partial charge is 0.497 e. The van der Waals surface area contributed by atoms with E-state index in [0.717, 1.165) is 39.2 Å². The normalized spacial score (nSPS) is 11.0. The fourth-order valence-electron chi connectivity index (χ4n) is 3.24. The number of anilines is 2. The standard InChI is InChI=1S/C23H17N3O2/c1-27-17-13-11-16(12-14-17)24-23-25-20(15-7-3-2-4-8-15)22-21(26-23)18-9-5-6-10-19(18)28-22/h2-14H,1H3,(H,24,25,26). The van der Waals surface area contributed by atoms with Crippen LogP contribution in [0.5, 0.6) is 5.75 Å². The number of fused-ring (bicyclic) bond motifs is 3. The Morgan fingerprint density at radius 3 is 2.36 bits per heavy atom. The van der Waals surface area contributed by atoms with Gasteiger partial charge in [-0.1, -0.05) is 42.5 Å². The summed E-state index contributed by atoms with van der Waals surface area (Å²) in [5.41, 5.74) is 4.90. The second kappa shape index (κ2) is 6.70. The summed E-state index contributed by atoms with van der Waals surface area (Å²) in [6, 6.07) is 25.6. The summed E-state index contributed by atoms with van der Waals surface area (Å²) in [7, 11) is 1.65. The van der Waals surface area contributed by atoms with Gasteiger partial charge in [0.15, 0.2) is 5.58 Å². The Bertz CT molecular complexity index is 1260. The van der Waals surface area contributed by atoms with Crippen LogP contribution in [0.1, 0.15) is 0 Å². The van der Waals surface area contributed by atoms with Gasteiger partial charge >= 0.3 is 0 Å². The van der Waals surface area contributed by atoms with E-state index in [4.69, 9.17) is 19.1 Å². The van der Waals surface area contributed by atoms with Gasteiger partial charge in [0.2, 0.25) is 5.95 Å². The van der Waals surface area contributed by atoms with Crippen LogP contribution in [-0.2, 0) is 0 Å². The van der Waals surface area contributed by atoms with Gasteiger partial charge in [-0.25, -0.2) is 9.97 Å². The molecule has 5 rings (SSSR count). The molecule has 3 aromatic carbocycles. The lowest BCUT2D eigenvalue weighted by Crippen LogP contribution is -1.99. The summed E-state index contributed by atoms with van der Waals surface area (Å²) in [6.45, 7) is 0. The fourth-order valence-corrected chi connectivity index (χ4v) is 3.24. The molecule has 5 nitrogen and oxygen atoms in total. The SMILES string of the molecule is COc1ccc(Nc2nc(-c3ccccc3)c3oc4ccccc4c3n2)cc1. The molecule has 0 aliphatic heterocycles. The number of hydrogen-bond acceptors (Lipinski definition) is 5. The van der Waals surface area contributed by atoms with Crippen molar-refractivity contribution in [3.05, 3.63) is 78.9 Å². The third-order valence-electron chi connectivity index (χ3n) is 4.61. The van der Waals surface area contributed by atoms with Crippen LogP contribution >= 0.6 is 0 Å². The van der Waals surface area contributed by atoms with Crippen molar-refractivity contribution in [3.8, 4) is 17.0 Å². The van der Waals surface area contributed by atoms with Gasteiger partial charge in [-0.3, -0.25) is 0 Å². The topological polar surface area (TPSA) is 60.2 Å². The molecule has 5 heteroatoms. The van der Waals surface area contributed by atoms with Crippen LogP contribution < -0.4 is 10.1 Å². The number of aromatic nitrogens is 2. The van der Waals surface area contributed by atoms with Crippen molar-refractivity contribution < 1.29 is 9.15 Å². The maximum Gasteiger partial charge on any atom is 0.228 e. The third-order valence-corrected chi connectivity index (χ3v) is 4.61. The van der Waals surface area contributed by atoms with Crippen molar-refractivity contribution in [2.45, 2.75) is 0 Å². The molecular formula is C23H17N3O2. The van der Waals surface area contributed by atoms with E-state index in [1.54, 1.807) is 7.11 Å². The number of nitrogens with zero attached hydrogens (tertiary/aromatic N) is 2. The molecule has 0 aliphatic rings.